The summed E-state index contributed by atoms with van der Waals surface area (Å²) in [6.45, 7) is 0.665. The number of halogens is 1. The first-order valence-corrected chi connectivity index (χ1v) is 5.84. The van der Waals surface area contributed by atoms with Gasteiger partial charge in [-0.05, 0) is 37.4 Å². The molecule has 1 saturated carbocycles. The Balaban J connectivity index is 0.00000144. The van der Waals surface area contributed by atoms with Gasteiger partial charge in [-0.3, -0.25) is 4.79 Å². The van der Waals surface area contributed by atoms with Gasteiger partial charge < -0.3 is 15.6 Å². The van der Waals surface area contributed by atoms with Crippen molar-refractivity contribution in [3.8, 4) is 0 Å². The van der Waals surface area contributed by atoms with Crippen LogP contribution >= 0.6 is 12.4 Å². The predicted octanol–water partition coefficient (Wildman–Crippen LogP) is 1.30. The highest BCUT2D eigenvalue weighted by atomic mass is 35.5. The molecule has 0 spiro atoms. The fraction of sp³-hybridized carbons (Fsp3) is 0.583. The molecule has 0 aromatic carbocycles. The van der Waals surface area contributed by atoms with Crippen LogP contribution in [-0.4, -0.2) is 23.1 Å². The van der Waals surface area contributed by atoms with E-state index in [2.05, 4.69) is 5.32 Å². The fourth-order valence-corrected chi connectivity index (χ4v) is 2.45. The van der Waals surface area contributed by atoms with E-state index >= 15 is 0 Å². The van der Waals surface area contributed by atoms with Crippen molar-refractivity contribution in [2.24, 2.45) is 18.7 Å². The highest BCUT2D eigenvalue weighted by molar-refractivity contribution is 5.92. The third-order valence-corrected chi connectivity index (χ3v) is 3.45. The van der Waals surface area contributed by atoms with Crippen molar-refractivity contribution in [2.75, 3.05) is 6.54 Å². The smallest absolute Gasteiger partial charge is 0.268 e. The normalized spacial score (nSPS) is 23.2. The zero-order chi connectivity index (χ0) is 11.5. The van der Waals surface area contributed by atoms with Gasteiger partial charge in [0.2, 0.25) is 0 Å². The molecule has 0 saturated heterocycles. The average Bonchev–Trinajstić information content (AvgIpc) is 2.86. The summed E-state index contributed by atoms with van der Waals surface area (Å²) in [7, 11) is 1.88. The topological polar surface area (TPSA) is 60.0 Å². The van der Waals surface area contributed by atoms with Crippen molar-refractivity contribution in [1.82, 2.24) is 9.88 Å². The van der Waals surface area contributed by atoms with E-state index in [1.807, 2.05) is 29.9 Å². The number of amides is 1. The molecule has 2 unspecified atom stereocenters. The molecule has 2 atom stereocenters. The minimum atomic E-state index is 0. The number of aromatic nitrogens is 1. The van der Waals surface area contributed by atoms with Gasteiger partial charge in [-0.1, -0.05) is 6.42 Å². The van der Waals surface area contributed by atoms with Crippen LogP contribution in [-0.2, 0) is 7.05 Å². The second-order valence-corrected chi connectivity index (χ2v) is 4.51. The Morgan fingerprint density at radius 2 is 2.35 bits per heavy atom. The molecule has 0 radical (unpaired) electrons. The molecule has 1 amide bonds. The lowest BCUT2D eigenvalue weighted by Crippen LogP contribution is -2.40. The van der Waals surface area contributed by atoms with E-state index in [0.717, 1.165) is 12.8 Å². The Kier molecular flexibility index (Phi) is 5.02. The molecule has 1 aliphatic carbocycles. The molecule has 5 heteroatoms. The van der Waals surface area contributed by atoms with Gasteiger partial charge in [0.1, 0.15) is 5.69 Å². The number of nitrogens with one attached hydrogen (secondary N) is 1. The monoisotopic (exact) mass is 257 g/mol. The maximum atomic E-state index is 12.0. The van der Waals surface area contributed by atoms with E-state index in [-0.39, 0.29) is 24.4 Å². The fourth-order valence-electron chi connectivity index (χ4n) is 2.45. The van der Waals surface area contributed by atoms with Crippen LogP contribution in [0.25, 0.3) is 0 Å². The van der Waals surface area contributed by atoms with Crippen molar-refractivity contribution in [3.63, 3.8) is 0 Å². The summed E-state index contributed by atoms with van der Waals surface area (Å²) in [5.41, 5.74) is 6.40. The zero-order valence-corrected chi connectivity index (χ0v) is 10.9. The number of nitrogens with two attached hydrogens (primary N) is 1. The summed E-state index contributed by atoms with van der Waals surface area (Å²) in [5.74, 6) is 0.460. The lowest BCUT2D eigenvalue weighted by molar-refractivity contribution is 0.0920. The van der Waals surface area contributed by atoms with Gasteiger partial charge in [-0.2, -0.15) is 0 Å². The molecule has 4 nitrogen and oxygen atoms in total. The number of nitrogens with zero attached hydrogens (tertiary/aromatic N) is 1. The molecule has 1 fully saturated rings. The second kappa shape index (κ2) is 6.07. The lowest BCUT2D eigenvalue weighted by atomic mass is 10.0. The molecule has 0 aliphatic heterocycles. The Bertz CT molecular complexity index is 378. The summed E-state index contributed by atoms with van der Waals surface area (Å²) in [6, 6.07) is 3.97. The molecule has 1 heterocycles. The maximum Gasteiger partial charge on any atom is 0.268 e. The summed E-state index contributed by atoms with van der Waals surface area (Å²) >= 11 is 0. The third kappa shape index (κ3) is 3.01. The standard InChI is InChI=1S/C12H19N3O.ClH/c1-15-7-3-6-11(15)12(16)14-10-5-2-4-9(10)8-13;/h3,6-7,9-10H,2,4-5,8,13H2,1H3,(H,14,16);1H. The summed E-state index contributed by atoms with van der Waals surface area (Å²) < 4.78 is 1.84. The van der Waals surface area contributed by atoms with Crippen molar-refractivity contribution in [2.45, 2.75) is 25.3 Å². The molecular weight excluding hydrogens is 238 g/mol. The SMILES string of the molecule is Cl.Cn1cccc1C(=O)NC1CCCC1CN. The number of aryl methyl sites for hydroxylation is 1. The third-order valence-electron chi connectivity index (χ3n) is 3.45. The Morgan fingerprint density at radius 1 is 1.59 bits per heavy atom. The molecule has 3 N–H and O–H groups in total. The number of rotatable bonds is 3. The Morgan fingerprint density at radius 3 is 2.94 bits per heavy atom. The lowest BCUT2D eigenvalue weighted by Gasteiger charge is -2.19. The number of carbonyl (C=O) groups is 1. The van der Waals surface area contributed by atoms with Gasteiger partial charge in [0.15, 0.2) is 0 Å². The quantitative estimate of drug-likeness (QED) is 0.858. The molecule has 1 aliphatic rings. The van der Waals surface area contributed by atoms with Crippen molar-refractivity contribution in [3.05, 3.63) is 24.0 Å². The molecule has 0 bridgehead atoms. The van der Waals surface area contributed by atoms with Gasteiger partial charge in [-0.15, -0.1) is 12.4 Å². The number of carbonyl (C=O) groups excluding carboxylic acids is 1. The van der Waals surface area contributed by atoms with Crippen LogP contribution < -0.4 is 11.1 Å². The largest absolute Gasteiger partial charge is 0.348 e. The maximum absolute atomic E-state index is 12.0. The highest BCUT2D eigenvalue weighted by Gasteiger charge is 2.27. The first-order valence-electron chi connectivity index (χ1n) is 5.84. The predicted molar refractivity (Wildman–Crippen MR) is 70.3 cm³/mol. The first-order chi connectivity index (χ1) is 7.72. The van der Waals surface area contributed by atoms with Gasteiger partial charge in [0, 0.05) is 19.3 Å². The van der Waals surface area contributed by atoms with Crippen LogP contribution in [0.5, 0.6) is 0 Å². The van der Waals surface area contributed by atoms with E-state index in [0.29, 0.717) is 18.2 Å². The molecule has 2 rings (SSSR count). The molecule has 17 heavy (non-hydrogen) atoms. The second-order valence-electron chi connectivity index (χ2n) is 4.51. The molecular formula is C12H20ClN3O. The number of hydrogen-bond acceptors (Lipinski definition) is 2. The minimum absolute atomic E-state index is 0. The van der Waals surface area contributed by atoms with Crippen LogP contribution in [0.15, 0.2) is 18.3 Å². The van der Waals surface area contributed by atoms with Crippen LogP contribution in [0, 0.1) is 5.92 Å². The van der Waals surface area contributed by atoms with Crippen molar-refractivity contribution in [1.29, 1.82) is 0 Å². The van der Waals surface area contributed by atoms with E-state index in [4.69, 9.17) is 5.73 Å². The molecule has 96 valence electrons. The summed E-state index contributed by atoms with van der Waals surface area (Å²) in [6.07, 6.45) is 5.23. The summed E-state index contributed by atoms with van der Waals surface area (Å²) in [5, 5.41) is 3.08. The van der Waals surface area contributed by atoms with Gasteiger partial charge in [0.25, 0.3) is 5.91 Å². The van der Waals surface area contributed by atoms with Crippen LogP contribution in [0.2, 0.25) is 0 Å². The molecule has 1 aromatic rings. The summed E-state index contributed by atoms with van der Waals surface area (Å²) in [4.78, 5) is 12.0. The zero-order valence-electron chi connectivity index (χ0n) is 10.1. The Hall–Kier alpha value is -1.00. The van der Waals surface area contributed by atoms with Crippen LogP contribution in [0.1, 0.15) is 29.8 Å². The van der Waals surface area contributed by atoms with Crippen LogP contribution in [0.3, 0.4) is 0 Å². The van der Waals surface area contributed by atoms with E-state index in [9.17, 15) is 4.79 Å². The van der Waals surface area contributed by atoms with Crippen molar-refractivity contribution >= 4 is 18.3 Å². The Labute approximate surface area is 108 Å². The molecule has 1 aromatic heterocycles. The highest BCUT2D eigenvalue weighted by Crippen LogP contribution is 2.24. The minimum Gasteiger partial charge on any atom is -0.348 e. The van der Waals surface area contributed by atoms with E-state index in [1.54, 1.807) is 0 Å². The van der Waals surface area contributed by atoms with E-state index in [1.165, 1.54) is 6.42 Å². The first kappa shape index (κ1) is 14.1. The number of hydrogen-bond donors (Lipinski definition) is 2. The van der Waals surface area contributed by atoms with Gasteiger partial charge >= 0.3 is 0 Å². The average molecular weight is 258 g/mol. The van der Waals surface area contributed by atoms with Gasteiger partial charge in [-0.25, -0.2) is 0 Å². The van der Waals surface area contributed by atoms with E-state index < -0.39 is 0 Å². The van der Waals surface area contributed by atoms with Crippen LogP contribution in [0.4, 0.5) is 0 Å². The van der Waals surface area contributed by atoms with Gasteiger partial charge in [0.05, 0.1) is 0 Å². The van der Waals surface area contributed by atoms with Crippen molar-refractivity contribution < 1.29 is 4.79 Å².